The van der Waals surface area contributed by atoms with E-state index in [0.29, 0.717) is 5.92 Å². The third kappa shape index (κ3) is 3.59. The Morgan fingerprint density at radius 3 is 2.83 bits per heavy atom. The molecule has 1 heteroatoms. The second-order valence-electron chi connectivity index (χ2n) is 3.21. The maximum Gasteiger partial charge on any atom is 0.0434 e. The molecule has 0 aliphatic carbocycles. The molecular weight excluding hydrogens is 164 g/mol. The Morgan fingerprint density at radius 2 is 2.25 bits per heavy atom. The summed E-state index contributed by atoms with van der Waals surface area (Å²) in [5.41, 5.74) is 0. The van der Waals surface area contributed by atoms with Crippen molar-refractivity contribution in [1.82, 2.24) is 0 Å². The molecule has 1 rings (SSSR count). The van der Waals surface area contributed by atoms with Gasteiger partial charge in [-0.2, -0.15) is 0 Å². The zero-order chi connectivity index (χ0) is 8.81. The maximum atomic E-state index is 3.18. The summed E-state index contributed by atoms with van der Waals surface area (Å²) >= 11 is 1.78. The standard InChI is InChI=1S/C11H14S/c1-10(2)6-3-4-7-11-8-5-9-12-11/h5,8-10H,6-7H2,1-2H3. The summed E-state index contributed by atoms with van der Waals surface area (Å²) < 4.78 is 0. The van der Waals surface area contributed by atoms with Crippen molar-refractivity contribution in [1.29, 1.82) is 0 Å². The molecule has 0 spiro atoms. The lowest BCUT2D eigenvalue weighted by Crippen LogP contribution is -1.82. The summed E-state index contributed by atoms with van der Waals surface area (Å²) in [5.74, 6) is 7.05. The summed E-state index contributed by atoms with van der Waals surface area (Å²) in [4.78, 5) is 1.37. The number of thiophene rings is 1. The topological polar surface area (TPSA) is 0 Å². The quantitative estimate of drug-likeness (QED) is 0.609. The van der Waals surface area contributed by atoms with E-state index >= 15 is 0 Å². The fourth-order valence-electron chi connectivity index (χ4n) is 0.839. The van der Waals surface area contributed by atoms with Crippen LogP contribution < -0.4 is 0 Å². The Labute approximate surface area is 78.6 Å². The molecule has 0 saturated heterocycles. The van der Waals surface area contributed by atoms with E-state index in [1.54, 1.807) is 11.3 Å². The van der Waals surface area contributed by atoms with Gasteiger partial charge in [0, 0.05) is 17.7 Å². The molecule has 0 N–H and O–H groups in total. The van der Waals surface area contributed by atoms with E-state index < -0.39 is 0 Å². The van der Waals surface area contributed by atoms with Gasteiger partial charge in [-0.25, -0.2) is 0 Å². The summed E-state index contributed by atoms with van der Waals surface area (Å²) in [7, 11) is 0. The van der Waals surface area contributed by atoms with Crippen LogP contribution in [-0.4, -0.2) is 0 Å². The molecule has 12 heavy (non-hydrogen) atoms. The predicted octanol–water partition coefficient (Wildman–Crippen LogP) is 3.34. The van der Waals surface area contributed by atoms with E-state index in [2.05, 4.69) is 43.2 Å². The zero-order valence-corrected chi connectivity index (χ0v) is 8.45. The molecule has 0 amide bonds. The Balaban J connectivity index is 2.29. The van der Waals surface area contributed by atoms with Crippen LogP contribution in [0.3, 0.4) is 0 Å². The van der Waals surface area contributed by atoms with Gasteiger partial charge in [-0.15, -0.1) is 17.3 Å². The highest BCUT2D eigenvalue weighted by Crippen LogP contribution is 2.08. The molecule has 0 fully saturated rings. The first-order valence-electron chi connectivity index (χ1n) is 4.27. The lowest BCUT2D eigenvalue weighted by molar-refractivity contribution is 0.675. The molecule has 64 valence electrons. The van der Waals surface area contributed by atoms with Crippen molar-refractivity contribution in [2.24, 2.45) is 5.92 Å². The van der Waals surface area contributed by atoms with Crippen molar-refractivity contribution in [3.8, 4) is 11.8 Å². The lowest BCUT2D eigenvalue weighted by atomic mass is 10.1. The molecule has 1 aromatic heterocycles. The second-order valence-corrected chi connectivity index (χ2v) is 4.24. The third-order valence-corrected chi connectivity index (χ3v) is 2.35. The maximum absolute atomic E-state index is 3.18. The average molecular weight is 178 g/mol. The normalized spacial score (nSPS) is 9.58. The van der Waals surface area contributed by atoms with Gasteiger partial charge in [-0.3, -0.25) is 0 Å². The van der Waals surface area contributed by atoms with Gasteiger partial charge < -0.3 is 0 Å². The molecule has 0 radical (unpaired) electrons. The molecule has 0 aromatic carbocycles. The van der Waals surface area contributed by atoms with Crippen LogP contribution in [0.4, 0.5) is 0 Å². The van der Waals surface area contributed by atoms with Crippen molar-refractivity contribution in [3.63, 3.8) is 0 Å². The fourth-order valence-corrected chi connectivity index (χ4v) is 1.48. The second kappa shape index (κ2) is 5.00. The minimum Gasteiger partial charge on any atom is -0.148 e. The Hall–Kier alpha value is -0.740. The molecule has 0 aliphatic heterocycles. The van der Waals surface area contributed by atoms with Crippen molar-refractivity contribution in [2.75, 3.05) is 0 Å². The highest BCUT2D eigenvalue weighted by Gasteiger charge is 1.88. The van der Waals surface area contributed by atoms with Crippen LogP contribution in [0.5, 0.6) is 0 Å². The summed E-state index contributed by atoms with van der Waals surface area (Å²) in [6.45, 7) is 4.39. The van der Waals surface area contributed by atoms with E-state index in [4.69, 9.17) is 0 Å². The van der Waals surface area contributed by atoms with Crippen LogP contribution >= 0.6 is 11.3 Å². The molecule has 1 heterocycles. The predicted molar refractivity (Wildman–Crippen MR) is 55.3 cm³/mol. The fraction of sp³-hybridized carbons (Fsp3) is 0.455. The summed E-state index contributed by atoms with van der Waals surface area (Å²) in [5, 5.41) is 2.10. The molecule has 0 saturated carbocycles. The van der Waals surface area contributed by atoms with Crippen LogP contribution in [0.25, 0.3) is 0 Å². The molecule has 0 aliphatic rings. The molecule has 0 unspecified atom stereocenters. The molecular formula is C11H14S. The highest BCUT2D eigenvalue weighted by atomic mass is 32.1. The van der Waals surface area contributed by atoms with E-state index in [1.165, 1.54) is 4.88 Å². The summed E-state index contributed by atoms with van der Waals surface area (Å²) in [6.07, 6.45) is 1.94. The first-order valence-corrected chi connectivity index (χ1v) is 5.15. The first-order chi connectivity index (χ1) is 5.79. The number of hydrogen-bond acceptors (Lipinski definition) is 1. The lowest BCUT2D eigenvalue weighted by Gasteiger charge is -1.92. The van der Waals surface area contributed by atoms with Gasteiger partial charge in [0.15, 0.2) is 0 Å². The SMILES string of the molecule is CC(C)CC#CCc1cccs1. The van der Waals surface area contributed by atoms with Gasteiger partial charge in [0.05, 0.1) is 0 Å². The zero-order valence-electron chi connectivity index (χ0n) is 7.63. The van der Waals surface area contributed by atoms with Crippen molar-refractivity contribution in [2.45, 2.75) is 26.7 Å². The molecule has 0 nitrogen and oxygen atoms in total. The Morgan fingerprint density at radius 1 is 1.42 bits per heavy atom. The number of rotatable bonds is 2. The summed E-state index contributed by atoms with van der Waals surface area (Å²) in [6, 6.07) is 4.21. The largest absolute Gasteiger partial charge is 0.148 e. The van der Waals surface area contributed by atoms with Crippen LogP contribution in [-0.2, 0) is 6.42 Å². The van der Waals surface area contributed by atoms with E-state index in [9.17, 15) is 0 Å². The van der Waals surface area contributed by atoms with Gasteiger partial charge in [-0.05, 0) is 17.4 Å². The van der Waals surface area contributed by atoms with Crippen LogP contribution in [0.2, 0.25) is 0 Å². The highest BCUT2D eigenvalue weighted by molar-refractivity contribution is 7.09. The average Bonchev–Trinajstić information content (AvgIpc) is 2.49. The van der Waals surface area contributed by atoms with Crippen molar-refractivity contribution < 1.29 is 0 Å². The Bertz CT molecular complexity index is 259. The van der Waals surface area contributed by atoms with Crippen LogP contribution in [0, 0.1) is 17.8 Å². The van der Waals surface area contributed by atoms with E-state index in [0.717, 1.165) is 12.8 Å². The van der Waals surface area contributed by atoms with E-state index in [1.807, 2.05) is 0 Å². The molecule has 0 atom stereocenters. The van der Waals surface area contributed by atoms with Gasteiger partial charge in [0.1, 0.15) is 0 Å². The Kier molecular flexibility index (Phi) is 3.90. The first kappa shape index (κ1) is 9.35. The van der Waals surface area contributed by atoms with Crippen molar-refractivity contribution in [3.05, 3.63) is 22.4 Å². The van der Waals surface area contributed by atoms with Gasteiger partial charge >= 0.3 is 0 Å². The minimum atomic E-state index is 0.695. The third-order valence-electron chi connectivity index (χ3n) is 1.48. The monoisotopic (exact) mass is 178 g/mol. The van der Waals surface area contributed by atoms with Gasteiger partial charge in [-0.1, -0.05) is 25.8 Å². The van der Waals surface area contributed by atoms with Crippen LogP contribution in [0.1, 0.15) is 25.1 Å². The number of hydrogen-bond donors (Lipinski definition) is 0. The molecule has 0 bridgehead atoms. The minimum absolute atomic E-state index is 0.695. The molecule has 1 aromatic rings. The van der Waals surface area contributed by atoms with Gasteiger partial charge in [0.25, 0.3) is 0 Å². The smallest absolute Gasteiger partial charge is 0.0434 e. The van der Waals surface area contributed by atoms with Crippen LogP contribution in [0.15, 0.2) is 17.5 Å². The van der Waals surface area contributed by atoms with Gasteiger partial charge in [0.2, 0.25) is 0 Å². The van der Waals surface area contributed by atoms with Crippen molar-refractivity contribution >= 4 is 11.3 Å². The van der Waals surface area contributed by atoms with E-state index in [-0.39, 0.29) is 0 Å².